The molecule has 0 bridgehead atoms. The van der Waals surface area contributed by atoms with Crippen molar-refractivity contribution in [3.63, 3.8) is 0 Å². The Morgan fingerprint density at radius 2 is 2.04 bits per heavy atom. The van der Waals surface area contributed by atoms with Gasteiger partial charge in [-0.05, 0) is 26.7 Å². The Hall–Kier alpha value is -1.23. The first kappa shape index (κ1) is 20.8. The van der Waals surface area contributed by atoms with Crippen LogP contribution in [0.15, 0.2) is 23.0 Å². The van der Waals surface area contributed by atoms with Crippen LogP contribution in [-0.2, 0) is 13.0 Å². The lowest BCUT2D eigenvalue weighted by Gasteiger charge is -2.10. The molecule has 0 atom stereocenters. The second kappa shape index (κ2) is 12.2. The summed E-state index contributed by atoms with van der Waals surface area (Å²) in [5.74, 6) is 0.878. The molecule has 0 fully saturated rings. The molecule has 2 rings (SSSR count). The number of aliphatic imine (C=N–C) groups is 1. The van der Waals surface area contributed by atoms with Gasteiger partial charge in [0.25, 0.3) is 0 Å². The number of nitrogens with zero attached hydrogens (tertiary/aromatic N) is 5. The molecule has 2 aromatic heterocycles. The van der Waals surface area contributed by atoms with E-state index in [4.69, 9.17) is 0 Å². The molecule has 2 N–H and O–H groups in total. The molecular weight excluding hydrogens is 437 g/mol. The molecule has 7 nitrogen and oxygen atoms in total. The molecule has 0 saturated heterocycles. The zero-order valence-electron chi connectivity index (χ0n) is 14.2. The molecule has 0 aliphatic carbocycles. The number of hydrogen-bond acceptors (Lipinski definition) is 5. The number of thiazole rings is 1. The van der Waals surface area contributed by atoms with E-state index in [0.717, 1.165) is 62.1 Å². The highest BCUT2D eigenvalue weighted by atomic mass is 127. The van der Waals surface area contributed by atoms with Gasteiger partial charge < -0.3 is 15.2 Å². The summed E-state index contributed by atoms with van der Waals surface area (Å²) >= 11 is 1.70. The molecule has 0 amide bonds. The first-order valence-corrected chi connectivity index (χ1v) is 8.91. The maximum Gasteiger partial charge on any atom is 0.191 e. The van der Waals surface area contributed by atoms with Crippen LogP contribution >= 0.6 is 35.3 Å². The van der Waals surface area contributed by atoms with Crippen LogP contribution in [0.5, 0.6) is 0 Å². The average molecular weight is 463 g/mol. The number of aryl methyl sites for hydroxylation is 2. The van der Waals surface area contributed by atoms with Crippen molar-refractivity contribution in [2.24, 2.45) is 4.99 Å². The van der Waals surface area contributed by atoms with Gasteiger partial charge >= 0.3 is 0 Å². The summed E-state index contributed by atoms with van der Waals surface area (Å²) in [6.45, 7) is 7.57. The number of rotatable bonds is 9. The summed E-state index contributed by atoms with van der Waals surface area (Å²) in [4.78, 5) is 9.07. The maximum absolute atomic E-state index is 4.60. The van der Waals surface area contributed by atoms with Crippen molar-refractivity contribution in [2.75, 3.05) is 19.6 Å². The van der Waals surface area contributed by atoms with Crippen molar-refractivity contribution in [1.82, 2.24) is 30.4 Å². The van der Waals surface area contributed by atoms with Crippen LogP contribution in [0.1, 0.15) is 30.5 Å². The number of halogens is 1. The molecule has 9 heteroatoms. The number of hydrogen-bond donors (Lipinski definition) is 2. The largest absolute Gasteiger partial charge is 0.357 e. The normalized spacial score (nSPS) is 11.2. The molecule has 0 aromatic carbocycles. The fourth-order valence-corrected chi connectivity index (χ4v) is 2.76. The van der Waals surface area contributed by atoms with E-state index in [1.807, 2.05) is 11.5 Å². The first-order chi connectivity index (χ1) is 11.3. The van der Waals surface area contributed by atoms with Crippen molar-refractivity contribution in [2.45, 2.75) is 39.7 Å². The highest BCUT2D eigenvalue weighted by Gasteiger charge is 2.00. The van der Waals surface area contributed by atoms with Crippen molar-refractivity contribution in [1.29, 1.82) is 0 Å². The molecule has 0 aliphatic rings. The third kappa shape index (κ3) is 8.04. The Bertz CT molecular complexity index is 582. The number of unbranched alkanes of at least 4 members (excludes halogenated alkanes) is 1. The van der Waals surface area contributed by atoms with Gasteiger partial charge in [-0.1, -0.05) is 0 Å². The average Bonchev–Trinajstić information content (AvgIpc) is 3.19. The van der Waals surface area contributed by atoms with E-state index < -0.39 is 0 Å². The van der Waals surface area contributed by atoms with Gasteiger partial charge in [0.1, 0.15) is 12.7 Å². The van der Waals surface area contributed by atoms with E-state index >= 15 is 0 Å². The van der Waals surface area contributed by atoms with Crippen LogP contribution in [0, 0.1) is 6.92 Å². The molecule has 24 heavy (non-hydrogen) atoms. The highest BCUT2D eigenvalue weighted by molar-refractivity contribution is 14.0. The predicted molar refractivity (Wildman–Crippen MR) is 109 cm³/mol. The minimum Gasteiger partial charge on any atom is -0.357 e. The standard InChI is InChI=1S/C15H25N7S.HI/c1-3-16-15(18-8-6-14-10-23-13(2)21-14)17-7-4-5-9-22-11-19-20-12-22;/h10-12H,3-9H2,1-2H3,(H2,16,17,18);1H. The third-order valence-corrected chi connectivity index (χ3v) is 4.07. The molecule has 0 aliphatic heterocycles. The smallest absolute Gasteiger partial charge is 0.191 e. The van der Waals surface area contributed by atoms with E-state index in [1.54, 1.807) is 24.0 Å². The van der Waals surface area contributed by atoms with Gasteiger partial charge in [0.15, 0.2) is 5.96 Å². The van der Waals surface area contributed by atoms with Gasteiger partial charge in [0.2, 0.25) is 0 Å². The Labute approximate surface area is 164 Å². The van der Waals surface area contributed by atoms with Gasteiger partial charge in [-0.15, -0.1) is 45.5 Å². The summed E-state index contributed by atoms with van der Waals surface area (Å²) in [5.41, 5.74) is 1.14. The van der Waals surface area contributed by atoms with Gasteiger partial charge in [0, 0.05) is 38.0 Å². The summed E-state index contributed by atoms with van der Waals surface area (Å²) < 4.78 is 1.99. The van der Waals surface area contributed by atoms with Gasteiger partial charge in [-0.3, -0.25) is 4.99 Å². The van der Waals surface area contributed by atoms with E-state index in [1.165, 1.54) is 0 Å². The zero-order valence-corrected chi connectivity index (χ0v) is 17.4. The van der Waals surface area contributed by atoms with E-state index in [0.29, 0.717) is 0 Å². The van der Waals surface area contributed by atoms with Crippen molar-refractivity contribution < 1.29 is 0 Å². The Morgan fingerprint density at radius 1 is 1.25 bits per heavy atom. The number of nitrogens with one attached hydrogen (secondary N) is 2. The molecule has 134 valence electrons. The Balaban J connectivity index is 0.00000288. The molecule has 0 saturated carbocycles. The van der Waals surface area contributed by atoms with Crippen LogP contribution in [0.4, 0.5) is 0 Å². The molecule has 0 unspecified atom stereocenters. The van der Waals surface area contributed by atoms with Crippen LogP contribution in [0.25, 0.3) is 0 Å². The van der Waals surface area contributed by atoms with E-state index in [-0.39, 0.29) is 24.0 Å². The van der Waals surface area contributed by atoms with Gasteiger partial charge in [-0.25, -0.2) is 4.98 Å². The lowest BCUT2D eigenvalue weighted by Crippen LogP contribution is -2.38. The fourth-order valence-electron chi connectivity index (χ4n) is 2.11. The molecule has 0 spiro atoms. The Kier molecular flexibility index (Phi) is 10.6. The summed E-state index contributed by atoms with van der Waals surface area (Å²) in [6.07, 6.45) is 6.52. The minimum atomic E-state index is 0. The third-order valence-electron chi connectivity index (χ3n) is 3.25. The second-order valence-electron chi connectivity index (χ2n) is 5.20. The summed E-state index contributed by atoms with van der Waals surface area (Å²) in [7, 11) is 0. The van der Waals surface area contributed by atoms with E-state index in [2.05, 4.69) is 43.1 Å². The summed E-state index contributed by atoms with van der Waals surface area (Å²) in [5, 5.41) is 17.5. The molecule has 2 heterocycles. The summed E-state index contributed by atoms with van der Waals surface area (Å²) in [6, 6.07) is 0. The SMILES string of the molecule is CCNC(=NCCCCn1cnnc1)NCCc1csc(C)n1.I. The molecule has 0 radical (unpaired) electrons. The van der Waals surface area contributed by atoms with Crippen LogP contribution in [0.3, 0.4) is 0 Å². The van der Waals surface area contributed by atoms with Crippen molar-refractivity contribution in [3.05, 3.63) is 28.7 Å². The van der Waals surface area contributed by atoms with Gasteiger partial charge in [0.05, 0.1) is 10.7 Å². The van der Waals surface area contributed by atoms with Crippen LogP contribution in [-0.4, -0.2) is 45.3 Å². The van der Waals surface area contributed by atoms with Crippen molar-refractivity contribution >= 4 is 41.3 Å². The Morgan fingerprint density at radius 3 is 2.71 bits per heavy atom. The maximum atomic E-state index is 4.60. The topological polar surface area (TPSA) is 80.0 Å². The van der Waals surface area contributed by atoms with Crippen LogP contribution in [0.2, 0.25) is 0 Å². The quantitative estimate of drug-likeness (QED) is 0.258. The highest BCUT2D eigenvalue weighted by Crippen LogP contribution is 2.07. The first-order valence-electron chi connectivity index (χ1n) is 8.03. The van der Waals surface area contributed by atoms with Crippen molar-refractivity contribution in [3.8, 4) is 0 Å². The second-order valence-corrected chi connectivity index (χ2v) is 6.26. The monoisotopic (exact) mass is 463 g/mol. The minimum absolute atomic E-state index is 0. The fraction of sp³-hybridized carbons (Fsp3) is 0.600. The number of guanidine groups is 1. The lowest BCUT2D eigenvalue weighted by atomic mass is 10.3. The molecule has 2 aromatic rings. The van der Waals surface area contributed by atoms with E-state index in [9.17, 15) is 0 Å². The predicted octanol–water partition coefficient (Wildman–Crippen LogP) is 2.24. The van der Waals surface area contributed by atoms with Gasteiger partial charge in [-0.2, -0.15) is 0 Å². The number of aromatic nitrogens is 4. The van der Waals surface area contributed by atoms with Crippen LogP contribution < -0.4 is 10.6 Å². The molecular formula is C15H26IN7S. The lowest BCUT2D eigenvalue weighted by molar-refractivity contribution is 0.611. The zero-order chi connectivity index (χ0) is 16.3.